The zero-order chi connectivity index (χ0) is 22.5. The van der Waals surface area contributed by atoms with Crippen molar-refractivity contribution in [3.05, 3.63) is 53.6 Å². The lowest BCUT2D eigenvalue weighted by Gasteiger charge is -2.08. The van der Waals surface area contributed by atoms with E-state index in [-0.39, 0.29) is 11.8 Å². The number of hydrazine groups is 1. The fourth-order valence-electron chi connectivity index (χ4n) is 2.93. The first-order chi connectivity index (χ1) is 15.1. The number of amides is 2. The third kappa shape index (κ3) is 8.12. The summed E-state index contributed by atoms with van der Waals surface area (Å²) in [5, 5.41) is 0. The number of hydrogen-bond donors (Lipinski definition) is 2. The van der Waals surface area contributed by atoms with Gasteiger partial charge in [0.15, 0.2) is 11.5 Å². The number of ether oxygens (including phenoxy) is 2. The third-order valence-corrected chi connectivity index (χ3v) is 4.72. The molecule has 0 aliphatic carbocycles. The van der Waals surface area contributed by atoms with Crippen molar-refractivity contribution in [1.29, 1.82) is 0 Å². The molecule has 2 aromatic carbocycles. The van der Waals surface area contributed by atoms with Crippen molar-refractivity contribution in [3.8, 4) is 11.5 Å². The molecule has 0 atom stereocenters. The molecule has 2 N–H and O–H groups in total. The van der Waals surface area contributed by atoms with Gasteiger partial charge < -0.3 is 9.47 Å². The van der Waals surface area contributed by atoms with E-state index in [0.29, 0.717) is 29.2 Å². The Balaban J connectivity index is 1.83. The molecule has 0 spiro atoms. The summed E-state index contributed by atoms with van der Waals surface area (Å²) in [5.41, 5.74) is 6.91. The number of benzene rings is 2. The maximum Gasteiger partial charge on any atom is 0.269 e. The SMILES string of the molecule is CCCCCCCC(=O)NNC(=O)c1ccc(N=Cc2ccc(OC)c(OC)c2)cc1. The molecular formula is C24H31N3O4. The number of nitrogens with one attached hydrogen (secondary N) is 2. The Labute approximate surface area is 183 Å². The van der Waals surface area contributed by atoms with Crippen molar-refractivity contribution in [3.63, 3.8) is 0 Å². The molecule has 0 fully saturated rings. The number of unbranched alkanes of at least 4 members (excludes halogenated alkanes) is 4. The van der Waals surface area contributed by atoms with Crippen LogP contribution in [0.4, 0.5) is 5.69 Å². The summed E-state index contributed by atoms with van der Waals surface area (Å²) >= 11 is 0. The van der Waals surface area contributed by atoms with E-state index in [2.05, 4.69) is 22.8 Å². The summed E-state index contributed by atoms with van der Waals surface area (Å²) in [5.74, 6) is 0.732. The van der Waals surface area contributed by atoms with Gasteiger partial charge in [0.2, 0.25) is 5.91 Å². The highest BCUT2D eigenvalue weighted by Crippen LogP contribution is 2.27. The first kappa shape index (κ1) is 23.9. The molecule has 2 amide bonds. The second kappa shape index (κ2) is 13.1. The van der Waals surface area contributed by atoms with Crippen LogP contribution in [-0.2, 0) is 4.79 Å². The summed E-state index contributed by atoms with van der Waals surface area (Å²) < 4.78 is 10.5. The van der Waals surface area contributed by atoms with Crippen LogP contribution in [0.15, 0.2) is 47.5 Å². The van der Waals surface area contributed by atoms with Crippen LogP contribution in [0.2, 0.25) is 0 Å². The Morgan fingerprint density at radius 1 is 0.903 bits per heavy atom. The number of nitrogens with zero attached hydrogens (tertiary/aromatic N) is 1. The lowest BCUT2D eigenvalue weighted by Crippen LogP contribution is -2.41. The number of methoxy groups -OCH3 is 2. The van der Waals surface area contributed by atoms with E-state index in [4.69, 9.17) is 9.47 Å². The van der Waals surface area contributed by atoms with Gasteiger partial charge in [0.1, 0.15) is 0 Å². The van der Waals surface area contributed by atoms with Gasteiger partial charge >= 0.3 is 0 Å². The van der Waals surface area contributed by atoms with Crippen molar-refractivity contribution in [2.24, 2.45) is 4.99 Å². The Bertz CT molecular complexity index is 879. The van der Waals surface area contributed by atoms with Crippen LogP contribution < -0.4 is 20.3 Å². The van der Waals surface area contributed by atoms with E-state index in [9.17, 15) is 9.59 Å². The molecule has 2 rings (SSSR count). The smallest absolute Gasteiger partial charge is 0.269 e. The van der Waals surface area contributed by atoms with E-state index in [1.54, 1.807) is 44.7 Å². The minimum atomic E-state index is -0.366. The molecule has 7 heteroatoms. The minimum Gasteiger partial charge on any atom is -0.493 e. The monoisotopic (exact) mass is 425 g/mol. The summed E-state index contributed by atoms with van der Waals surface area (Å²) in [6.07, 6.45) is 7.47. The van der Waals surface area contributed by atoms with Crippen molar-refractivity contribution < 1.29 is 19.1 Å². The van der Waals surface area contributed by atoms with Gasteiger partial charge in [-0.25, -0.2) is 0 Å². The van der Waals surface area contributed by atoms with E-state index < -0.39 is 0 Å². The first-order valence-corrected chi connectivity index (χ1v) is 10.5. The van der Waals surface area contributed by atoms with Crippen LogP contribution in [-0.4, -0.2) is 32.2 Å². The van der Waals surface area contributed by atoms with Crippen LogP contribution in [0.25, 0.3) is 0 Å². The molecule has 7 nitrogen and oxygen atoms in total. The maximum atomic E-state index is 12.2. The lowest BCUT2D eigenvalue weighted by atomic mass is 10.1. The number of carbonyl (C=O) groups excluding carboxylic acids is 2. The Morgan fingerprint density at radius 2 is 1.61 bits per heavy atom. The third-order valence-electron chi connectivity index (χ3n) is 4.72. The van der Waals surface area contributed by atoms with Crippen molar-refractivity contribution in [1.82, 2.24) is 10.9 Å². The highest BCUT2D eigenvalue weighted by Gasteiger charge is 2.07. The number of rotatable bonds is 11. The molecule has 0 radical (unpaired) electrons. The summed E-state index contributed by atoms with van der Waals surface area (Å²) in [6.45, 7) is 2.15. The number of carbonyl (C=O) groups is 2. The Kier molecular flexibility index (Phi) is 10.1. The van der Waals surface area contributed by atoms with Crippen molar-refractivity contribution in [2.45, 2.75) is 45.4 Å². The highest BCUT2D eigenvalue weighted by molar-refractivity contribution is 5.95. The van der Waals surface area contributed by atoms with Crippen molar-refractivity contribution in [2.75, 3.05) is 14.2 Å². The molecule has 0 saturated carbocycles. The molecule has 2 aromatic rings. The average Bonchev–Trinajstić information content (AvgIpc) is 2.81. The van der Waals surface area contributed by atoms with Gasteiger partial charge in [-0.1, -0.05) is 32.6 Å². The Morgan fingerprint density at radius 3 is 2.29 bits per heavy atom. The summed E-state index contributed by atoms with van der Waals surface area (Å²) in [4.78, 5) is 28.4. The topological polar surface area (TPSA) is 89.0 Å². The zero-order valence-corrected chi connectivity index (χ0v) is 18.4. The maximum absolute atomic E-state index is 12.2. The van der Waals surface area contributed by atoms with Crippen LogP contribution in [0, 0.1) is 0 Å². The molecule has 0 heterocycles. The standard InChI is InChI=1S/C24H31N3O4/c1-4-5-6-7-8-9-23(28)26-27-24(29)19-11-13-20(14-12-19)25-17-18-10-15-21(30-2)22(16-18)31-3/h10-17H,4-9H2,1-3H3,(H,26,28)(H,27,29). The van der Waals surface area contributed by atoms with Gasteiger partial charge in [-0.15, -0.1) is 0 Å². The largest absolute Gasteiger partial charge is 0.493 e. The molecule has 0 saturated heterocycles. The zero-order valence-electron chi connectivity index (χ0n) is 18.4. The van der Waals surface area contributed by atoms with Gasteiger partial charge in [0.05, 0.1) is 19.9 Å². The normalized spacial score (nSPS) is 10.7. The molecule has 0 bridgehead atoms. The van der Waals surface area contributed by atoms with Crippen LogP contribution in [0.3, 0.4) is 0 Å². The minimum absolute atomic E-state index is 0.180. The Hall–Kier alpha value is -3.35. The molecule has 0 aliphatic heterocycles. The number of aliphatic imine (C=N–C) groups is 1. The van der Waals surface area contributed by atoms with E-state index in [0.717, 1.165) is 24.8 Å². The summed E-state index contributed by atoms with van der Waals surface area (Å²) in [7, 11) is 3.17. The molecule has 0 aliphatic rings. The molecular weight excluding hydrogens is 394 g/mol. The second-order valence-electron chi connectivity index (χ2n) is 7.09. The quantitative estimate of drug-likeness (QED) is 0.313. The molecule has 0 unspecified atom stereocenters. The van der Waals surface area contributed by atoms with Gasteiger partial charge in [0.25, 0.3) is 5.91 Å². The molecule has 0 aromatic heterocycles. The predicted octanol–water partition coefficient (Wildman–Crippen LogP) is 4.58. The van der Waals surface area contributed by atoms with Gasteiger partial charge in [-0.2, -0.15) is 0 Å². The van der Waals surface area contributed by atoms with Crippen LogP contribution >= 0.6 is 0 Å². The fourth-order valence-corrected chi connectivity index (χ4v) is 2.93. The fraction of sp³-hybridized carbons (Fsp3) is 0.375. The van der Waals surface area contributed by atoms with E-state index in [1.165, 1.54) is 12.8 Å². The lowest BCUT2D eigenvalue weighted by molar-refractivity contribution is -0.122. The molecule has 166 valence electrons. The van der Waals surface area contributed by atoms with Gasteiger partial charge in [0, 0.05) is 18.2 Å². The highest BCUT2D eigenvalue weighted by atomic mass is 16.5. The van der Waals surface area contributed by atoms with Gasteiger partial charge in [-0.05, 0) is 54.4 Å². The summed E-state index contributed by atoms with van der Waals surface area (Å²) in [6, 6.07) is 12.3. The van der Waals surface area contributed by atoms with Gasteiger partial charge in [-0.3, -0.25) is 25.4 Å². The van der Waals surface area contributed by atoms with Crippen molar-refractivity contribution >= 4 is 23.7 Å². The van der Waals surface area contributed by atoms with E-state index in [1.807, 2.05) is 18.2 Å². The second-order valence-corrected chi connectivity index (χ2v) is 7.09. The molecule has 31 heavy (non-hydrogen) atoms. The first-order valence-electron chi connectivity index (χ1n) is 10.5. The predicted molar refractivity (Wildman–Crippen MR) is 122 cm³/mol. The van der Waals surface area contributed by atoms with Crippen LogP contribution in [0.1, 0.15) is 61.4 Å². The average molecular weight is 426 g/mol. The van der Waals surface area contributed by atoms with E-state index >= 15 is 0 Å². The number of hydrogen-bond acceptors (Lipinski definition) is 5. The van der Waals surface area contributed by atoms with Crippen LogP contribution in [0.5, 0.6) is 11.5 Å².